The predicted octanol–water partition coefficient (Wildman–Crippen LogP) is 11.8. The van der Waals surface area contributed by atoms with Crippen LogP contribution in [-0.2, 0) is 38.4 Å². The van der Waals surface area contributed by atoms with E-state index < -0.39 is 83.1 Å². The van der Waals surface area contributed by atoms with Crippen LogP contribution in [0.2, 0.25) is 10.0 Å². The number of Topliss-reactive ketones (excluding diaryl/α,β-unsaturated/α-hetero) is 6. The third-order valence-electron chi connectivity index (χ3n) is 21.7. The van der Waals surface area contributed by atoms with Gasteiger partial charge in [0.2, 0.25) is 29.5 Å². The number of aromatic nitrogens is 5. The van der Waals surface area contributed by atoms with Gasteiger partial charge in [-0.15, -0.1) is 4.98 Å². The van der Waals surface area contributed by atoms with Gasteiger partial charge in [0.05, 0.1) is 61.5 Å². The van der Waals surface area contributed by atoms with Crippen molar-refractivity contribution in [1.82, 2.24) is 34.7 Å². The number of nitrogens with zero attached hydrogens (tertiary/aromatic N) is 7. The van der Waals surface area contributed by atoms with Gasteiger partial charge in [0.1, 0.15) is 24.4 Å². The SMILES string of the molecule is CCC[C@H](CC(=O)[C@@H]1C[C@@H](Oc2ccc(Cl)cn2)CN1C(=O)[C@@H](CC(=O)[C@@H](N)C1CCCCC1)C(C)(C)C)C(O)C(=O)CC1CC1.CCC[C@H](CC(=O)[C@@H]1C[C@@H](Oc2ccc(Cl)cn2)CN1C(=O)[C@@H](CC(=O)[C@@H](Nc1nc(OC)nc(OC)n1)C1CCCCC1)C(C)(C)C)C(O)C(=O)CC1CC1. The zero-order valence-corrected chi connectivity index (χ0v) is 63.3. The second kappa shape index (κ2) is 37.6. The maximum absolute atomic E-state index is 14.9. The zero-order chi connectivity index (χ0) is 74.2. The molecule has 2 unspecified atom stereocenters. The lowest BCUT2D eigenvalue weighted by Crippen LogP contribution is -2.49. The average molecular weight is 1460 g/mol. The van der Waals surface area contributed by atoms with Gasteiger partial charge >= 0.3 is 12.0 Å². The number of aliphatic hydroxyl groups is 2. The summed E-state index contributed by atoms with van der Waals surface area (Å²) < 4.78 is 22.8. The van der Waals surface area contributed by atoms with Crippen molar-refractivity contribution < 1.29 is 67.5 Å². The topological polar surface area (TPSA) is 323 Å². The highest BCUT2D eigenvalue weighted by atomic mass is 35.5. The van der Waals surface area contributed by atoms with E-state index in [1.54, 1.807) is 34.1 Å². The fourth-order valence-corrected chi connectivity index (χ4v) is 15.5. The van der Waals surface area contributed by atoms with E-state index in [1.807, 2.05) is 55.4 Å². The molecule has 0 radical (unpaired) electrons. The monoisotopic (exact) mass is 1460 g/mol. The molecule has 0 bridgehead atoms. The van der Waals surface area contributed by atoms with Crippen LogP contribution in [0.15, 0.2) is 36.7 Å². The largest absolute Gasteiger partial charge is 0.472 e. The van der Waals surface area contributed by atoms with E-state index in [0.29, 0.717) is 72.2 Å². The zero-order valence-electron chi connectivity index (χ0n) is 61.8. The summed E-state index contributed by atoms with van der Waals surface area (Å²) in [6, 6.07) is 3.66. The quantitative estimate of drug-likeness (QED) is 0.0420. The van der Waals surface area contributed by atoms with E-state index in [4.69, 9.17) is 47.9 Å². The second-order valence-electron chi connectivity index (χ2n) is 31.9. The summed E-state index contributed by atoms with van der Waals surface area (Å²) in [5.41, 5.74) is 5.24. The first-order valence-electron chi connectivity index (χ1n) is 37.5. The highest BCUT2D eigenvalue weighted by molar-refractivity contribution is 6.30. The number of methoxy groups -OCH3 is 2. The molecule has 564 valence electrons. The molecule has 2 saturated heterocycles. The Morgan fingerprint density at radius 2 is 0.961 bits per heavy atom. The van der Waals surface area contributed by atoms with Crippen LogP contribution in [0.4, 0.5) is 5.95 Å². The van der Waals surface area contributed by atoms with Crippen LogP contribution in [0.1, 0.15) is 222 Å². The summed E-state index contributed by atoms with van der Waals surface area (Å²) >= 11 is 12.1. The molecule has 23 nitrogen and oxygen atoms in total. The van der Waals surface area contributed by atoms with Crippen LogP contribution in [0.5, 0.6) is 23.8 Å². The minimum absolute atomic E-state index is 0.00845. The van der Waals surface area contributed by atoms with Crippen molar-refractivity contribution in [3.05, 3.63) is 46.7 Å². The summed E-state index contributed by atoms with van der Waals surface area (Å²) in [6.45, 7) is 15.7. The lowest BCUT2D eigenvalue weighted by Gasteiger charge is -2.37. The van der Waals surface area contributed by atoms with Crippen molar-refractivity contribution in [1.29, 1.82) is 0 Å². The molecular formula is C77H113Cl2N9O14. The molecule has 2 aliphatic heterocycles. The van der Waals surface area contributed by atoms with Gasteiger partial charge in [0.15, 0.2) is 34.7 Å². The Labute approximate surface area is 612 Å². The Kier molecular flexibility index (Phi) is 30.0. The summed E-state index contributed by atoms with van der Waals surface area (Å²) in [4.78, 5) is 136. The van der Waals surface area contributed by atoms with Crippen molar-refractivity contribution in [2.45, 2.75) is 271 Å². The third kappa shape index (κ3) is 23.4. The lowest BCUT2D eigenvalue weighted by atomic mass is 9.74. The smallest absolute Gasteiger partial charge is 0.324 e. The van der Waals surface area contributed by atoms with Gasteiger partial charge < -0.3 is 50.0 Å². The van der Waals surface area contributed by atoms with Crippen molar-refractivity contribution >= 4 is 75.7 Å². The number of ether oxygens (including phenoxy) is 4. The number of nitrogens with one attached hydrogen (secondary N) is 1. The van der Waals surface area contributed by atoms with E-state index in [1.165, 1.54) is 26.6 Å². The molecule has 25 heteroatoms. The molecule has 0 aromatic carbocycles. The van der Waals surface area contributed by atoms with Gasteiger partial charge in [0.25, 0.3) is 0 Å². The molecule has 3 aromatic rings. The Morgan fingerprint density at radius 3 is 1.32 bits per heavy atom. The molecule has 102 heavy (non-hydrogen) atoms. The van der Waals surface area contributed by atoms with E-state index in [2.05, 4.69) is 30.2 Å². The van der Waals surface area contributed by atoms with Gasteiger partial charge in [-0.2, -0.15) is 9.97 Å². The molecule has 3 aromatic heterocycles. The maximum Gasteiger partial charge on any atom is 0.324 e. The van der Waals surface area contributed by atoms with Gasteiger partial charge in [-0.1, -0.05) is 130 Å². The number of hydrogen-bond acceptors (Lipinski definition) is 21. The number of carbonyl (C=O) groups is 8. The first-order chi connectivity index (χ1) is 48.5. The summed E-state index contributed by atoms with van der Waals surface area (Å²) in [6.07, 6.45) is 16.5. The van der Waals surface area contributed by atoms with E-state index in [-0.39, 0.29) is 128 Å². The van der Waals surface area contributed by atoms with Crippen molar-refractivity contribution in [2.24, 2.45) is 63.9 Å². The fraction of sp³-hybridized carbons (Fsp3) is 0.727. The number of amides is 2. The molecule has 9 rings (SSSR count). The van der Waals surface area contributed by atoms with Crippen LogP contribution in [-0.4, -0.2) is 167 Å². The number of halogens is 2. The van der Waals surface area contributed by atoms with Crippen LogP contribution < -0.4 is 30.0 Å². The molecule has 2 amide bonds. The molecule has 12 atom stereocenters. The second-order valence-corrected chi connectivity index (χ2v) is 32.8. The van der Waals surface area contributed by atoms with E-state index >= 15 is 0 Å². The van der Waals surface area contributed by atoms with Gasteiger partial charge in [-0.05, 0) is 123 Å². The summed E-state index contributed by atoms with van der Waals surface area (Å²) in [5, 5.41) is 26.3. The van der Waals surface area contributed by atoms with Crippen molar-refractivity contribution in [2.75, 3.05) is 32.6 Å². The van der Waals surface area contributed by atoms with Gasteiger partial charge in [0, 0.05) is 87.7 Å². The van der Waals surface area contributed by atoms with Crippen molar-refractivity contribution in [3.8, 4) is 23.8 Å². The number of nitrogens with two attached hydrogens (primary N) is 1. The Hall–Kier alpha value is -6.27. The number of anilines is 1. The van der Waals surface area contributed by atoms with Crippen LogP contribution in [0.25, 0.3) is 0 Å². The van der Waals surface area contributed by atoms with Gasteiger partial charge in [-0.25, -0.2) is 9.97 Å². The number of rotatable bonds is 36. The maximum atomic E-state index is 14.9. The number of likely N-dealkylation sites (tertiary alicyclic amines) is 2. The van der Waals surface area contributed by atoms with E-state index in [0.717, 1.165) is 89.9 Å². The molecule has 6 aliphatic rings. The minimum atomic E-state index is -1.25. The summed E-state index contributed by atoms with van der Waals surface area (Å²) in [7, 11) is 2.86. The number of pyridine rings is 2. The summed E-state index contributed by atoms with van der Waals surface area (Å²) in [5.74, 6) is -2.80. The number of aliphatic hydroxyl groups excluding tert-OH is 2. The lowest BCUT2D eigenvalue weighted by molar-refractivity contribution is -0.146. The van der Waals surface area contributed by atoms with Crippen LogP contribution >= 0.6 is 23.2 Å². The first kappa shape index (κ1) is 81.4. The number of hydrogen-bond donors (Lipinski definition) is 4. The minimum Gasteiger partial charge on any atom is -0.472 e. The highest BCUT2D eigenvalue weighted by Gasteiger charge is 2.50. The average Bonchev–Trinajstić information content (AvgIpc) is 1.57. The van der Waals surface area contributed by atoms with Crippen LogP contribution in [0.3, 0.4) is 0 Å². The van der Waals surface area contributed by atoms with Crippen molar-refractivity contribution in [3.63, 3.8) is 0 Å². The molecule has 5 heterocycles. The molecule has 0 spiro atoms. The first-order valence-corrected chi connectivity index (χ1v) is 38.3. The normalized spacial score (nSPS) is 22.1. The van der Waals surface area contributed by atoms with Crippen LogP contribution in [0, 0.1) is 58.2 Å². The highest BCUT2D eigenvalue weighted by Crippen LogP contribution is 2.41. The Bertz CT molecular complexity index is 3270. The molecule has 5 N–H and O–H groups in total. The standard InChI is InChI=1S/C41H59ClN6O8.C36H54ClN3O6/c1-7-11-26(36(52)33(51)18-24-14-15-24)19-31(49)30-20-28(56-34-17-16-27(42)22-43-34)23-48(30)37(53)29(41(2,3)4)21-32(50)35(25-12-9-8-10-13-25)44-38-45-39(54-5)47-40(46-38)55-6;1-5-9-24(34(44)31(43)16-22-12-13-22)17-29(41)28-18-26(46-32-15-14-25(37)20-39-32)21-40(28)35(45)27(36(2,3)4)19-30(42)33(38)23-10-7-6-8-11-23/h16-17,22,24-26,28-30,35-36,52H,7-15,18-21,23H2,1-6H3,(H,44,45,46,47);14-15,20,22-24,26-28,33-34,44H,5-13,16-19,21,38H2,1-4H3/t26-,28-,29-,30+,35+,36?;24-,26-,27-,28+,33+,34?/m11/s1. The number of ketones is 6. The molecule has 6 fully saturated rings. The molecule has 4 saturated carbocycles. The third-order valence-corrected chi connectivity index (χ3v) is 22.2. The Morgan fingerprint density at radius 1 is 0.559 bits per heavy atom. The molecular weight excluding hydrogens is 1350 g/mol. The number of carbonyl (C=O) groups excluding carboxylic acids is 8. The molecule has 4 aliphatic carbocycles. The van der Waals surface area contributed by atoms with E-state index in [9.17, 15) is 48.6 Å². The Balaban J connectivity index is 0.000000264. The predicted molar refractivity (Wildman–Crippen MR) is 387 cm³/mol. The fourth-order valence-electron chi connectivity index (χ4n) is 15.3. The van der Waals surface area contributed by atoms with Gasteiger partial charge in [-0.3, -0.25) is 38.4 Å².